The predicted molar refractivity (Wildman–Crippen MR) is 111 cm³/mol. The minimum atomic E-state index is -0.545. The summed E-state index contributed by atoms with van der Waals surface area (Å²) in [6.07, 6.45) is 5.88. The van der Waals surface area contributed by atoms with Crippen molar-refractivity contribution in [3.8, 4) is 22.9 Å². The lowest BCUT2D eigenvalue weighted by Gasteiger charge is -2.17. The Hall–Kier alpha value is -3.10. The average Bonchev–Trinajstić information content (AvgIpc) is 2.70. The van der Waals surface area contributed by atoms with E-state index in [1.165, 1.54) is 18.5 Å². The van der Waals surface area contributed by atoms with Gasteiger partial charge in [-0.15, -0.1) is 12.4 Å². The highest BCUT2D eigenvalue weighted by molar-refractivity contribution is 5.86. The van der Waals surface area contributed by atoms with Crippen molar-refractivity contribution >= 4 is 23.8 Å². The molecule has 3 heterocycles. The average molecular weight is 415 g/mol. The topological polar surface area (TPSA) is 98.8 Å². The van der Waals surface area contributed by atoms with Gasteiger partial charge in [0, 0.05) is 18.4 Å². The first-order valence-electron chi connectivity index (χ1n) is 8.90. The number of hydrogen-bond acceptors (Lipinski definition) is 7. The van der Waals surface area contributed by atoms with Crippen molar-refractivity contribution in [3.05, 3.63) is 60.1 Å². The molecule has 0 aliphatic carbocycles. The van der Waals surface area contributed by atoms with Crippen LogP contribution in [0.4, 0.5) is 10.2 Å². The Morgan fingerprint density at radius 2 is 2.03 bits per heavy atom. The zero-order valence-electron chi connectivity index (χ0n) is 15.7. The van der Waals surface area contributed by atoms with Gasteiger partial charge in [0.1, 0.15) is 12.1 Å². The summed E-state index contributed by atoms with van der Waals surface area (Å²) in [5, 5.41) is 3.26. The van der Waals surface area contributed by atoms with Crippen molar-refractivity contribution in [1.29, 1.82) is 0 Å². The van der Waals surface area contributed by atoms with Crippen LogP contribution < -0.4 is 15.8 Å². The molecule has 0 saturated heterocycles. The van der Waals surface area contributed by atoms with Gasteiger partial charge in [-0.3, -0.25) is 0 Å². The van der Waals surface area contributed by atoms with E-state index >= 15 is 0 Å². The van der Waals surface area contributed by atoms with Crippen LogP contribution in [0.1, 0.15) is 17.8 Å². The summed E-state index contributed by atoms with van der Waals surface area (Å²) < 4.78 is 20.2. The van der Waals surface area contributed by atoms with E-state index in [9.17, 15) is 4.39 Å². The molecule has 0 saturated carbocycles. The maximum atomic E-state index is 14.7. The van der Waals surface area contributed by atoms with Gasteiger partial charge >= 0.3 is 6.01 Å². The summed E-state index contributed by atoms with van der Waals surface area (Å²) in [5.41, 5.74) is 9.85. The van der Waals surface area contributed by atoms with Crippen LogP contribution in [-0.2, 0) is 0 Å². The van der Waals surface area contributed by atoms with E-state index in [2.05, 4.69) is 31.3 Å². The van der Waals surface area contributed by atoms with Crippen LogP contribution in [0.25, 0.3) is 16.7 Å². The van der Waals surface area contributed by atoms with Crippen LogP contribution in [0.15, 0.2) is 42.9 Å². The van der Waals surface area contributed by atoms with Crippen LogP contribution in [0, 0.1) is 12.7 Å². The smallest absolute Gasteiger partial charge is 0.322 e. The van der Waals surface area contributed by atoms with Gasteiger partial charge < -0.3 is 15.8 Å². The number of aryl methyl sites for hydroxylation is 1. The number of nitrogens with zero attached hydrogens (tertiary/aromatic N) is 4. The fraction of sp³-hybridized carbons (Fsp3) is 0.200. The fourth-order valence-electron chi connectivity index (χ4n) is 3.08. The lowest BCUT2D eigenvalue weighted by molar-refractivity contribution is 0.410. The Labute approximate surface area is 173 Å². The second kappa shape index (κ2) is 8.93. The molecule has 1 aromatic carbocycles. The number of aromatic nitrogens is 4. The highest BCUT2D eigenvalue weighted by Gasteiger charge is 2.18. The van der Waals surface area contributed by atoms with Gasteiger partial charge in [-0.25, -0.2) is 24.3 Å². The summed E-state index contributed by atoms with van der Waals surface area (Å²) in [6, 6.07) is 6.46. The highest BCUT2D eigenvalue weighted by Crippen LogP contribution is 2.35. The van der Waals surface area contributed by atoms with Crippen molar-refractivity contribution in [2.45, 2.75) is 13.3 Å². The molecule has 2 aromatic heterocycles. The molecule has 3 N–H and O–H groups in total. The lowest BCUT2D eigenvalue weighted by Crippen LogP contribution is -2.20. The number of nitrogens with one attached hydrogen (secondary N) is 1. The number of rotatable bonds is 4. The van der Waals surface area contributed by atoms with Gasteiger partial charge in [0.2, 0.25) is 0 Å². The minimum absolute atomic E-state index is 0. The largest absolute Gasteiger partial charge is 0.421 e. The maximum absolute atomic E-state index is 14.7. The van der Waals surface area contributed by atoms with Crippen LogP contribution in [-0.4, -0.2) is 33.0 Å². The number of hydrogen-bond donors (Lipinski definition) is 2. The lowest BCUT2D eigenvalue weighted by atomic mass is 9.96. The third kappa shape index (κ3) is 4.49. The third-order valence-electron chi connectivity index (χ3n) is 4.44. The maximum Gasteiger partial charge on any atom is 0.322 e. The van der Waals surface area contributed by atoms with Gasteiger partial charge in [0.25, 0.3) is 0 Å². The molecule has 0 radical (unpaired) electrons. The van der Waals surface area contributed by atoms with Gasteiger partial charge in [-0.2, -0.15) is 0 Å². The monoisotopic (exact) mass is 414 g/mol. The normalized spacial score (nSPS) is 13.4. The van der Waals surface area contributed by atoms with E-state index in [-0.39, 0.29) is 24.2 Å². The van der Waals surface area contributed by atoms with E-state index in [1.807, 2.05) is 6.92 Å². The van der Waals surface area contributed by atoms with Crippen LogP contribution >= 0.6 is 12.4 Å². The summed E-state index contributed by atoms with van der Waals surface area (Å²) >= 11 is 0. The number of nitrogens with two attached hydrogens (primary N) is 1. The predicted octanol–water partition coefficient (Wildman–Crippen LogP) is 3.55. The quantitative estimate of drug-likeness (QED) is 0.673. The van der Waals surface area contributed by atoms with Crippen molar-refractivity contribution in [3.63, 3.8) is 0 Å². The first-order chi connectivity index (χ1) is 13.6. The molecule has 0 fully saturated rings. The van der Waals surface area contributed by atoms with Gasteiger partial charge in [0.05, 0.1) is 11.3 Å². The van der Waals surface area contributed by atoms with E-state index < -0.39 is 5.82 Å². The molecular weight excluding hydrogens is 395 g/mol. The molecule has 9 heteroatoms. The van der Waals surface area contributed by atoms with Crippen molar-refractivity contribution in [2.75, 3.05) is 18.8 Å². The summed E-state index contributed by atoms with van der Waals surface area (Å²) in [4.78, 5) is 16.6. The van der Waals surface area contributed by atoms with Gasteiger partial charge in [-0.1, -0.05) is 12.1 Å². The van der Waals surface area contributed by atoms with Gasteiger partial charge in [-0.05, 0) is 49.2 Å². The SMILES string of the molecule is Cc1ccnc(Oc2ccc(-c3c(N)ncnc3C3=CCNCC3)cc2F)n1.Cl. The Balaban J connectivity index is 0.00000240. The standard InChI is InChI=1S/C20H19FN6O.ClH/c1-12-4-9-24-20(27-12)28-16-3-2-14(10-15(16)21)17-18(25-11-26-19(17)22)13-5-7-23-8-6-13;/h2-5,9-11,23H,6-8H2,1H3,(H2,22,25,26);1H. The summed E-state index contributed by atoms with van der Waals surface area (Å²) in [5.74, 6) is -0.206. The summed E-state index contributed by atoms with van der Waals surface area (Å²) in [6.45, 7) is 3.42. The van der Waals surface area contributed by atoms with Crippen molar-refractivity contribution in [1.82, 2.24) is 25.3 Å². The zero-order chi connectivity index (χ0) is 19.5. The van der Waals surface area contributed by atoms with Crippen LogP contribution in [0.3, 0.4) is 0 Å². The minimum Gasteiger partial charge on any atom is -0.421 e. The molecule has 0 bridgehead atoms. The summed E-state index contributed by atoms with van der Waals surface area (Å²) in [7, 11) is 0. The number of benzene rings is 1. The number of nitrogen functional groups attached to an aromatic ring is 1. The van der Waals surface area contributed by atoms with Crippen molar-refractivity contribution < 1.29 is 9.13 Å². The number of ether oxygens (including phenoxy) is 1. The molecule has 1 aliphatic heterocycles. The van der Waals surface area contributed by atoms with E-state index in [1.54, 1.807) is 18.3 Å². The first-order valence-corrected chi connectivity index (χ1v) is 8.90. The molecule has 0 atom stereocenters. The molecule has 0 amide bonds. The third-order valence-corrected chi connectivity index (χ3v) is 4.44. The van der Waals surface area contributed by atoms with Gasteiger partial charge in [0.15, 0.2) is 11.6 Å². The number of anilines is 1. The van der Waals surface area contributed by atoms with E-state index in [0.29, 0.717) is 16.9 Å². The van der Waals surface area contributed by atoms with Crippen molar-refractivity contribution in [2.24, 2.45) is 0 Å². The Bertz CT molecular complexity index is 1060. The number of halogens is 2. The molecule has 1 aliphatic rings. The Morgan fingerprint density at radius 1 is 1.17 bits per heavy atom. The molecule has 4 rings (SSSR count). The second-order valence-electron chi connectivity index (χ2n) is 6.39. The second-order valence-corrected chi connectivity index (χ2v) is 6.39. The Morgan fingerprint density at radius 3 is 2.76 bits per heavy atom. The first kappa shape index (κ1) is 20.6. The molecule has 29 heavy (non-hydrogen) atoms. The molecule has 3 aromatic rings. The molecule has 0 unspecified atom stereocenters. The Kier molecular flexibility index (Phi) is 6.36. The van der Waals surface area contributed by atoms with E-state index in [4.69, 9.17) is 10.5 Å². The fourth-order valence-corrected chi connectivity index (χ4v) is 3.08. The highest BCUT2D eigenvalue weighted by atomic mass is 35.5. The van der Waals surface area contributed by atoms with Crippen LogP contribution in [0.2, 0.25) is 0 Å². The molecular formula is C20H20ClFN6O. The van der Waals surface area contributed by atoms with Crippen LogP contribution in [0.5, 0.6) is 11.8 Å². The molecule has 150 valence electrons. The molecule has 0 spiro atoms. The van der Waals surface area contributed by atoms with E-state index in [0.717, 1.165) is 36.5 Å². The molecule has 7 nitrogen and oxygen atoms in total. The zero-order valence-corrected chi connectivity index (χ0v) is 16.5.